The number of anilines is 1. The van der Waals surface area contributed by atoms with Crippen LogP contribution >= 0.6 is 0 Å². The lowest BCUT2D eigenvalue weighted by Crippen LogP contribution is -2.50. The summed E-state index contributed by atoms with van der Waals surface area (Å²) >= 11 is 0. The van der Waals surface area contributed by atoms with Crippen LogP contribution in [0.2, 0.25) is 0 Å². The molecule has 7 heteroatoms. The maximum absolute atomic E-state index is 13.3. The molecule has 0 unspecified atom stereocenters. The number of amides is 1. The first-order valence-corrected chi connectivity index (χ1v) is 11.1. The number of carbonyl (C=O) groups excluding carboxylic acids is 1. The summed E-state index contributed by atoms with van der Waals surface area (Å²) in [4.78, 5) is 13.0. The van der Waals surface area contributed by atoms with Crippen LogP contribution in [0, 0.1) is 6.92 Å². The highest BCUT2D eigenvalue weighted by atomic mass is 32.2. The molecule has 1 N–H and O–H groups in total. The van der Waals surface area contributed by atoms with Crippen molar-refractivity contribution in [2.24, 2.45) is 0 Å². The van der Waals surface area contributed by atoms with Crippen molar-refractivity contribution in [1.29, 1.82) is 0 Å². The quantitative estimate of drug-likeness (QED) is 0.685. The maximum atomic E-state index is 13.3. The molecule has 0 aliphatic carbocycles. The number of para-hydroxylation sites is 2. The molecule has 6 nitrogen and oxygen atoms in total. The molecule has 1 aliphatic heterocycles. The van der Waals surface area contributed by atoms with Crippen LogP contribution in [-0.2, 0) is 21.4 Å². The lowest BCUT2D eigenvalue weighted by molar-refractivity contribution is -0.127. The number of ether oxygens (including phenoxy) is 1. The number of nitrogens with zero attached hydrogens (tertiary/aromatic N) is 1. The Kier molecular flexibility index (Phi) is 5.46. The Morgan fingerprint density at radius 2 is 1.67 bits per heavy atom. The summed E-state index contributed by atoms with van der Waals surface area (Å²) in [5.74, 6) is -0.00270. The summed E-state index contributed by atoms with van der Waals surface area (Å²) in [5.41, 5.74) is 2.52. The van der Waals surface area contributed by atoms with Gasteiger partial charge in [0.2, 0.25) is 0 Å². The van der Waals surface area contributed by atoms with Crippen LogP contribution in [0.1, 0.15) is 11.1 Å². The summed E-state index contributed by atoms with van der Waals surface area (Å²) in [6, 6.07) is 22.9. The summed E-state index contributed by atoms with van der Waals surface area (Å²) in [6.45, 7) is 2.23. The van der Waals surface area contributed by atoms with E-state index in [1.165, 1.54) is 4.31 Å². The molecule has 1 amide bonds. The van der Waals surface area contributed by atoms with Crippen LogP contribution in [0.15, 0.2) is 83.8 Å². The average molecular weight is 423 g/mol. The first kappa shape index (κ1) is 20.0. The van der Waals surface area contributed by atoms with Gasteiger partial charge >= 0.3 is 0 Å². The highest BCUT2D eigenvalue weighted by Gasteiger charge is 2.37. The molecule has 3 aromatic rings. The van der Waals surface area contributed by atoms with E-state index in [1.807, 2.05) is 31.2 Å². The summed E-state index contributed by atoms with van der Waals surface area (Å²) < 4.78 is 33.6. The first-order valence-electron chi connectivity index (χ1n) is 9.62. The highest BCUT2D eigenvalue weighted by Crippen LogP contribution is 2.36. The van der Waals surface area contributed by atoms with E-state index in [1.54, 1.807) is 54.6 Å². The third-order valence-electron chi connectivity index (χ3n) is 4.95. The predicted molar refractivity (Wildman–Crippen MR) is 115 cm³/mol. The third kappa shape index (κ3) is 4.02. The monoisotopic (exact) mass is 422 g/mol. The molecule has 4 rings (SSSR count). The number of hydrogen-bond acceptors (Lipinski definition) is 4. The largest absolute Gasteiger partial charge is 0.476 e. The van der Waals surface area contributed by atoms with Crippen LogP contribution in [0.4, 0.5) is 5.69 Å². The summed E-state index contributed by atoms with van der Waals surface area (Å²) in [5, 5.41) is 2.85. The van der Waals surface area contributed by atoms with Crippen LogP contribution < -0.4 is 14.4 Å². The Hall–Kier alpha value is -3.32. The van der Waals surface area contributed by atoms with E-state index < -0.39 is 16.1 Å². The molecule has 0 bridgehead atoms. The highest BCUT2D eigenvalue weighted by molar-refractivity contribution is 7.92. The number of sulfonamides is 1. The van der Waals surface area contributed by atoms with E-state index >= 15 is 0 Å². The SMILES string of the molecule is Cc1ccc(CNC(=O)[C@@H]2CN(S(=O)(=O)c3ccccc3)c3ccccc3O2)cc1. The zero-order valence-corrected chi connectivity index (χ0v) is 17.3. The zero-order valence-electron chi connectivity index (χ0n) is 16.5. The number of rotatable bonds is 5. The average Bonchev–Trinajstić information content (AvgIpc) is 2.78. The van der Waals surface area contributed by atoms with Crippen LogP contribution in [0.3, 0.4) is 0 Å². The van der Waals surface area contributed by atoms with Gasteiger partial charge in [0.15, 0.2) is 6.10 Å². The van der Waals surface area contributed by atoms with E-state index in [-0.39, 0.29) is 17.3 Å². The molecule has 0 aromatic heterocycles. The molecule has 1 atom stereocenters. The normalized spacial score (nSPS) is 15.8. The maximum Gasteiger partial charge on any atom is 0.264 e. The second-order valence-corrected chi connectivity index (χ2v) is 8.99. The summed E-state index contributed by atoms with van der Waals surface area (Å²) in [6.07, 6.45) is -0.955. The van der Waals surface area contributed by atoms with Crippen LogP contribution in [0.25, 0.3) is 0 Å². The van der Waals surface area contributed by atoms with Gasteiger partial charge in [-0.15, -0.1) is 0 Å². The van der Waals surface area contributed by atoms with Gasteiger partial charge in [0.25, 0.3) is 15.9 Å². The Morgan fingerprint density at radius 3 is 2.40 bits per heavy atom. The fourth-order valence-corrected chi connectivity index (χ4v) is 4.79. The molecule has 1 aliphatic rings. The molecule has 30 heavy (non-hydrogen) atoms. The van der Waals surface area contributed by atoms with Crippen molar-refractivity contribution in [2.75, 3.05) is 10.8 Å². The molecule has 0 fully saturated rings. The van der Waals surface area contributed by atoms with Gasteiger partial charge in [0.05, 0.1) is 17.1 Å². The van der Waals surface area contributed by atoms with Gasteiger partial charge in [0, 0.05) is 6.54 Å². The van der Waals surface area contributed by atoms with Gasteiger partial charge in [-0.25, -0.2) is 8.42 Å². The zero-order chi connectivity index (χ0) is 21.1. The van der Waals surface area contributed by atoms with E-state index in [0.29, 0.717) is 18.0 Å². The number of carbonyl (C=O) groups is 1. The van der Waals surface area contributed by atoms with E-state index in [4.69, 9.17) is 4.74 Å². The minimum atomic E-state index is -3.84. The fraction of sp³-hybridized carbons (Fsp3) is 0.174. The lowest BCUT2D eigenvalue weighted by Gasteiger charge is -2.34. The number of fused-ring (bicyclic) bond motifs is 1. The number of hydrogen-bond donors (Lipinski definition) is 1. The number of aryl methyl sites for hydroxylation is 1. The van der Waals surface area contributed by atoms with Gasteiger partial charge in [0.1, 0.15) is 5.75 Å². The minimum absolute atomic E-state index is 0.103. The molecular formula is C23H22N2O4S. The molecular weight excluding hydrogens is 400 g/mol. The van der Waals surface area contributed by atoms with Gasteiger partial charge < -0.3 is 10.1 Å². The van der Waals surface area contributed by atoms with E-state index in [2.05, 4.69) is 5.32 Å². The second-order valence-electron chi connectivity index (χ2n) is 7.13. The van der Waals surface area contributed by atoms with Crippen molar-refractivity contribution < 1.29 is 17.9 Å². The smallest absolute Gasteiger partial charge is 0.264 e. The first-order chi connectivity index (χ1) is 14.4. The van der Waals surface area contributed by atoms with Crippen molar-refractivity contribution in [3.05, 3.63) is 90.0 Å². The Labute approximate surface area is 176 Å². The number of benzene rings is 3. The molecule has 1 heterocycles. The van der Waals surface area contributed by atoms with Crippen molar-refractivity contribution in [1.82, 2.24) is 5.32 Å². The van der Waals surface area contributed by atoms with Crippen LogP contribution in [-0.4, -0.2) is 27.0 Å². The number of nitrogens with one attached hydrogen (secondary N) is 1. The summed E-state index contributed by atoms with van der Waals surface area (Å²) in [7, 11) is -3.84. The van der Waals surface area contributed by atoms with Gasteiger partial charge in [-0.1, -0.05) is 60.2 Å². The topological polar surface area (TPSA) is 75.7 Å². The Bertz CT molecular complexity index is 1150. The Balaban J connectivity index is 1.58. The molecule has 0 spiro atoms. The van der Waals surface area contributed by atoms with Crippen LogP contribution in [0.5, 0.6) is 5.75 Å². The van der Waals surface area contributed by atoms with Gasteiger partial charge in [-0.3, -0.25) is 9.10 Å². The lowest BCUT2D eigenvalue weighted by atomic mass is 10.1. The minimum Gasteiger partial charge on any atom is -0.476 e. The molecule has 0 saturated heterocycles. The molecule has 154 valence electrons. The molecule has 0 saturated carbocycles. The third-order valence-corrected chi connectivity index (χ3v) is 6.74. The van der Waals surface area contributed by atoms with E-state index in [0.717, 1.165) is 11.1 Å². The van der Waals surface area contributed by atoms with Gasteiger partial charge in [-0.2, -0.15) is 0 Å². The Morgan fingerprint density at radius 1 is 1.00 bits per heavy atom. The van der Waals surface area contributed by atoms with Gasteiger partial charge in [-0.05, 0) is 36.8 Å². The van der Waals surface area contributed by atoms with Crippen molar-refractivity contribution in [3.63, 3.8) is 0 Å². The molecule has 0 radical (unpaired) electrons. The molecule has 3 aromatic carbocycles. The second kappa shape index (κ2) is 8.20. The van der Waals surface area contributed by atoms with Crippen molar-refractivity contribution >= 4 is 21.6 Å². The fourth-order valence-electron chi connectivity index (χ4n) is 3.30. The van der Waals surface area contributed by atoms with Crippen molar-refractivity contribution in [3.8, 4) is 5.75 Å². The standard InChI is InChI=1S/C23H22N2O4S/c1-17-11-13-18(14-12-17)15-24-23(26)22-16-25(20-9-5-6-10-21(20)29-22)30(27,28)19-7-3-2-4-8-19/h2-14,22H,15-16H2,1H3,(H,24,26)/t22-/m0/s1. The van der Waals surface area contributed by atoms with Crippen molar-refractivity contribution in [2.45, 2.75) is 24.5 Å². The van der Waals surface area contributed by atoms with E-state index in [9.17, 15) is 13.2 Å². The predicted octanol–water partition coefficient (Wildman–Crippen LogP) is 3.27.